The third-order valence-electron chi connectivity index (χ3n) is 2.92. The fourth-order valence-electron chi connectivity index (χ4n) is 1.99. The van der Waals surface area contributed by atoms with E-state index < -0.39 is 0 Å². The second kappa shape index (κ2) is 5.71. The molecule has 1 aliphatic rings. The molecule has 0 aromatic rings. The number of rotatable bonds is 6. The fraction of sp³-hybridized carbons (Fsp3) is 0.818. The predicted octanol–water partition coefficient (Wildman–Crippen LogP) is 2.83. The highest BCUT2D eigenvalue weighted by Crippen LogP contribution is 2.39. The van der Waals surface area contributed by atoms with Crippen molar-refractivity contribution < 1.29 is 0 Å². The van der Waals surface area contributed by atoms with Crippen molar-refractivity contribution in [1.29, 1.82) is 0 Å². The Labute approximate surface area is 86.4 Å². The van der Waals surface area contributed by atoms with Crippen molar-refractivity contribution in [2.24, 2.45) is 0 Å². The summed E-state index contributed by atoms with van der Waals surface area (Å²) in [5.74, 6) is 0. The molecule has 2 heteroatoms. The third-order valence-corrected chi connectivity index (χ3v) is 4.34. The van der Waals surface area contributed by atoms with Gasteiger partial charge in [-0.1, -0.05) is 18.9 Å². The normalized spacial score (nSPS) is 20.4. The molecule has 76 valence electrons. The van der Waals surface area contributed by atoms with Gasteiger partial charge in [-0.15, -0.1) is 6.58 Å². The van der Waals surface area contributed by atoms with Crippen molar-refractivity contribution in [3.05, 3.63) is 12.7 Å². The second-order valence-corrected chi connectivity index (χ2v) is 5.12. The van der Waals surface area contributed by atoms with Crippen LogP contribution in [0.4, 0.5) is 0 Å². The van der Waals surface area contributed by atoms with Crippen LogP contribution in [0.1, 0.15) is 32.1 Å². The molecule has 0 saturated heterocycles. The molecule has 0 aromatic heterocycles. The van der Waals surface area contributed by atoms with E-state index in [9.17, 15) is 0 Å². The molecule has 0 atom stereocenters. The largest absolute Gasteiger partial charge is 0.315 e. The van der Waals surface area contributed by atoms with Crippen molar-refractivity contribution in [3.63, 3.8) is 0 Å². The van der Waals surface area contributed by atoms with Crippen LogP contribution in [-0.2, 0) is 0 Å². The van der Waals surface area contributed by atoms with Gasteiger partial charge in [-0.3, -0.25) is 0 Å². The maximum atomic E-state index is 3.72. The molecule has 1 fully saturated rings. The minimum atomic E-state index is 0.557. The molecule has 1 nitrogen and oxygen atoms in total. The number of nitrogens with one attached hydrogen (secondary N) is 1. The van der Waals surface area contributed by atoms with E-state index in [1.807, 2.05) is 17.8 Å². The highest BCUT2D eigenvalue weighted by molar-refractivity contribution is 8.00. The molecule has 1 aliphatic carbocycles. The SMILES string of the molecule is C=CCCNCC1(SC)CCCC1. The molecule has 0 radical (unpaired) electrons. The summed E-state index contributed by atoms with van der Waals surface area (Å²) in [6.07, 6.45) is 11.0. The summed E-state index contributed by atoms with van der Waals surface area (Å²) in [6, 6.07) is 0. The van der Waals surface area contributed by atoms with Gasteiger partial charge in [0, 0.05) is 11.3 Å². The Morgan fingerprint density at radius 3 is 2.69 bits per heavy atom. The lowest BCUT2D eigenvalue weighted by Gasteiger charge is -2.26. The van der Waals surface area contributed by atoms with Gasteiger partial charge >= 0.3 is 0 Å². The van der Waals surface area contributed by atoms with E-state index in [1.165, 1.54) is 32.2 Å². The van der Waals surface area contributed by atoms with Crippen LogP contribution in [0, 0.1) is 0 Å². The summed E-state index contributed by atoms with van der Waals surface area (Å²) < 4.78 is 0.557. The van der Waals surface area contributed by atoms with Crippen LogP contribution in [-0.4, -0.2) is 24.1 Å². The Morgan fingerprint density at radius 1 is 1.46 bits per heavy atom. The molecule has 0 bridgehead atoms. The van der Waals surface area contributed by atoms with E-state index in [1.54, 1.807) is 0 Å². The van der Waals surface area contributed by atoms with E-state index in [4.69, 9.17) is 0 Å². The lowest BCUT2D eigenvalue weighted by Crippen LogP contribution is -2.35. The highest BCUT2D eigenvalue weighted by atomic mass is 32.2. The molecule has 0 aromatic carbocycles. The Balaban J connectivity index is 2.19. The quantitative estimate of drug-likeness (QED) is 0.521. The first kappa shape index (κ1) is 11.1. The first-order chi connectivity index (χ1) is 6.33. The molecule has 1 saturated carbocycles. The van der Waals surface area contributed by atoms with Gasteiger partial charge in [0.2, 0.25) is 0 Å². The molecular weight excluding hydrogens is 178 g/mol. The van der Waals surface area contributed by atoms with Crippen LogP contribution in [0.5, 0.6) is 0 Å². The minimum absolute atomic E-state index is 0.557. The first-order valence-electron chi connectivity index (χ1n) is 5.20. The summed E-state index contributed by atoms with van der Waals surface area (Å²) in [6.45, 7) is 5.99. The minimum Gasteiger partial charge on any atom is -0.315 e. The van der Waals surface area contributed by atoms with Crippen LogP contribution < -0.4 is 5.32 Å². The average molecular weight is 199 g/mol. The summed E-state index contributed by atoms with van der Waals surface area (Å²) in [5.41, 5.74) is 0. The van der Waals surface area contributed by atoms with Gasteiger partial charge in [-0.05, 0) is 32.1 Å². The van der Waals surface area contributed by atoms with E-state index in [0.717, 1.165) is 13.0 Å². The van der Waals surface area contributed by atoms with Crippen LogP contribution in [0.3, 0.4) is 0 Å². The summed E-state index contributed by atoms with van der Waals surface area (Å²) in [5, 5.41) is 3.53. The molecule has 0 unspecified atom stereocenters. The van der Waals surface area contributed by atoms with Gasteiger partial charge in [0.25, 0.3) is 0 Å². The van der Waals surface area contributed by atoms with Crippen LogP contribution in [0.2, 0.25) is 0 Å². The standard InChI is InChI=1S/C11H21NS/c1-3-4-9-12-10-11(13-2)7-5-6-8-11/h3,12H,1,4-10H2,2H3. The van der Waals surface area contributed by atoms with Crippen molar-refractivity contribution >= 4 is 11.8 Å². The van der Waals surface area contributed by atoms with Crippen molar-refractivity contribution in [2.45, 2.75) is 36.9 Å². The Morgan fingerprint density at radius 2 is 2.15 bits per heavy atom. The molecule has 0 spiro atoms. The van der Waals surface area contributed by atoms with E-state index in [0.29, 0.717) is 4.75 Å². The molecule has 1 N–H and O–H groups in total. The fourth-order valence-corrected chi connectivity index (χ4v) is 2.94. The van der Waals surface area contributed by atoms with Gasteiger partial charge in [-0.2, -0.15) is 11.8 Å². The average Bonchev–Trinajstić information content (AvgIpc) is 2.62. The number of thioether (sulfide) groups is 1. The lowest BCUT2D eigenvalue weighted by atomic mass is 10.1. The maximum absolute atomic E-state index is 3.72. The third kappa shape index (κ3) is 3.35. The highest BCUT2D eigenvalue weighted by Gasteiger charge is 2.32. The topological polar surface area (TPSA) is 12.0 Å². The molecular formula is C11H21NS. The summed E-state index contributed by atoms with van der Waals surface area (Å²) in [7, 11) is 0. The van der Waals surface area contributed by atoms with Crippen LogP contribution >= 0.6 is 11.8 Å². The van der Waals surface area contributed by atoms with Gasteiger partial charge in [0.05, 0.1) is 0 Å². The van der Waals surface area contributed by atoms with Crippen molar-refractivity contribution in [1.82, 2.24) is 5.32 Å². The zero-order valence-corrected chi connectivity index (χ0v) is 9.46. The molecule has 1 rings (SSSR count). The smallest absolute Gasteiger partial charge is 0.0281 e. The van der Waals surface area contributed by atoms with Gasteiger partial charge < -0.3 is 5.32 Å². The lowest BCUT2D eigenvalue weighted by molar-refractivity contribution is 0.538. The van der Waals surface area contributed by atoms with Gasteiger partial charge in [0.15, 0.2) is 0 Å². The number of hydrogen-bond acceptors (Lipinski definition) is 2. The Bertz CT molecular complexity index is 150. The second-order valence-electron chi connectivity index (χ2n) is 3.85. The summed E-state index contributed by atoms with van der Waals surface area (Å²) >= 11 is 2.05. The number of hydrogen-bond donors (Lipinski definition) is 1. The molecule has 0 amide bonds. The Hall–Kier alpha value is 0.0500. The van der Waals surface area contributed by atoms with Gasteiger partial charge in [0.1, 0.15) is 0 Å². The van der Waals surface area contributed by atoms with Crippen molar-refractivity contribution in [3.8, 4) is 0 Å². The molecule has 13 heavy (non-hydrogen) atoms. The zero-order valence-electron chi connectivity index (χ0n) is 8.64. The van der Waals surface area contributed by atoms with Crippen LogP contribution in [0.15, 0.2) is 12.7 Å². The van der Waals surface area contributed by atoms with E-state index in [2.05, 4.69) is 18.2 Å². The van der Waals surface area contributed by atoms with Crippen LogP contribution in [0.25, 0.3) is 0 Å². The Kier molecular flexibility index (Phi) is 4.89. The van der Waals surface area contributed by atoms with Crippen molar-refractivity contribution in [2.75, 3.05) is 19.3 Å². The molecule has 0 heterocycles. The first-order valence-corrected chi connectivity index (χ1v) is 6.42. The predicted molar refractivity (Wildman–Crippen MR) is 62.4 cm³/mol. The summed E-state index contributed by atoms with van der Waals surface area (Å²) in [4.78, 5) is 0. The maximum Gasteiger partial charge on any atom is 0.0281 e. The van der Waals surface area contributed by atoms with Gasteiger partial charge in [-0.25, -0.2) is 0 Å². The van der Waals surface area contributed by atoms with E-state index in [-0.39, 0.29) is 0 Å². The van der Waals surface area contributed by atoms with E-state index >= 15 is 0 Å². The zero-order chi connectivity index (χ0) is 9.57. The molecule has 0 aliphatic heterocycles. The monoisotopic (exact) mass is 199 g/mol.